The van der Waals surface area contributed by atoms with Crippen molar-refractivity contribution in [2.24, 2.45) is 11.5 Å². The fraction of sp³-hybridized carbons (Fsp3) is 0.0833. The van der Waals surface area contributed by atoms with Crippen LogP contribution in [-0.2, 0) is 6.54 Å². The molecule has 0 unspecified atom stereocenters. The van der Waals surface area contributed by atoms with Crippen molar-refractivity contribution in [1.82, 2.24) is 4.57 Å². The number of urea groups is 1. The van der Waals surface area contributed by atoms with E-state index in [1.165, 1.54) is 6.20 Å². The summed E-state index contributed by atoms with van der Waals surface area (Å²) >= 11 is 0. The SMILES string of the molecule is NC=CCn1ccc2cc(NC(N)=O)ccc21. The van der Waals surface area contributed by atoms with Crippen LogP contribution in [0.25, 0.3) is 10.9 Å². The third-order valence-corrected chi connectivity index (χ3v) is 2.48. The van der Waals surface area contributed by atoms with Gasteiger partial charge in [-0.15, -0.1) is 0 Å². The minimum absolute atomic E-state index is 0.560. The minimum Gasteiger partial charge on any atom is -0.405 e. The van der Waals surface area contributed by atoms with E-state index in [2.05, 4.69) is 9.88 Å². The lowest BCUT2D eigenvalue weighted by Crippen LogP contribution is -2.19. The van der Waals surface area contributed by atoms with Crippen LogP contribution in [0.1, 0.15) is 0 Å². The summed E-state index contributed by atoms with van der Waals surface area (Å²) in [6.07, 6.45) is 5.36. The van der Waals surface area contributed by atoms with E-state index in [0.29, 0.717) is 5.69 Å². The van der Waals surface area contributed by atoms with Crippen molar-refractivity contribution < 1.29 is 4.79 Å². The quantitative estimate of drug-likeness (QED) is 0.748. The molecule has 0 aliphatic carbocycles. The number of carbonyl (C=O) groups excluding carboxylic acids is 1. The van der Waals surface area contributed by atoms with Gasteiger partial charge in [-0.25, -0.2) is 4.79 Å². The van der Waals surface area contributed by atoms with Gasteiger partial charge in [0.25, 0.3) is 0 Å². The molecule has 0 bridgehead atoms. The van der Waals surface area contributed by atoms with Gasteiger partial charge in [-0.1, -0.05) is 0 Å². The molecule has 0 spiro atoms. The Hall–Kier alpha value is -2.43. The van der Waals surface area contributed by atoms with Crippen molar-refractivity contribution >= 4 is 22.6 Å². The van der Waals surface area contributed by atoms with Gasteiger partial charge in [-0.3, -0.25) is 0 Å². The number of allylic oxidation sites excluding steroid dienone is 1. The van der Waals surface area contributed by atoms with Crippen LogP contribution < -0.4 is 16.8 Å². The summed E-state index contributed by atoms with van der Waals surface area (Å²) in [5.74, 6) is 0. The number of rotatable bonds is 3. The van der Waals surface area contributed by atoms with E-state index in [1.54, 1.807) is 0 Å². The van der Waals surface area contributed by atoms with Crippen LogP contribution in [0.4, 0.5) is 10.5 Å². The summed E-state index contributed by atoms with van der Waals surface area (Å²) in [5.41, 5.74) is 12.1. The molecule has 0 atom stereocenters. The number of nitrogens with zero attached hydrogens (tertiary/aromatic N) is 1. The average Bonchev–Trinajstić information content (AvgIpc) is 2.68. The van der Waals surface area contributed by atoms with E-state index in [0.717, 1.165) is 17.4 Å². The third kappa shape index (κ3) is 2.39. The number of amides is 2. The first kappa shape index (κ1) is 11.1. The number of aromatic nitrogens is 1. The summed E-state index contributed by atoms with van der Waals surface area (Å²) in [5, 5.41) is 3.59. The Labute approximate surface area is 98.7 Å². The van der Waals surface area contributed by atoms with Crippen LogP contribution in [0.2, 0.25) is 0 Å². The Bertz CT molecular complexity index is 571. The molecule has 0 saturated carbocycles. The zero-order valence-electron chi connectivity index (χ0n) is 9.26. The van der Waals surface area contributed by atoms with E-state index in [9.17, 15) is 4.79 Å². The van der Waals surface area contributed by atoms with E-state index in [1.807, 2.05) is 36.5 Å². The number of fused-ring (bicyclic) bond motifs is 1. The zero-order chi connectivity index (χ0) is 12.3. The number of anilines is 1. The first-order valence-corrected chi connectivity index (χ1v) is 5.23. The highest BCUT2D eigenvalue weighted by Gasteiger charge is 2.02. The molecule has 1 aromatic carbocycles. The van der Waals surface area contributed by atoms with E-state index < -0.39 is 6.03 Å². The molecular formula is C12H14N4O. The molecule has 5 heteroatoms. The van der Waals surface area contributed by atoms with Crippen molar-refractivity contribution in [3.8, 4) is 0 Å². The number of nitrogens with two attached hydrogens (primary N) is 2. The molecule has 0 radical (unpaired) electrons. The van der Waals surface area contributed by atoms with Crippen LogP contribution >= 0.6 is 0 Å². The number of nitrogens with one attached hydrogen (secondary N) is 1. The van der Waals surface area contributed by atoms with Crippen LogP contribution in [0.5, 0.6) is 0 Å². The summed E-state index contributed by atoms with van der Waals surface area (Å²) in [6, 6.07) is 7.05. The van der Waals surface area contributed by atoms with Crippen LogP contribution in [-0.4, -0.2) is 10.6 Å². The number of primary amides is 1. The van der Waals surface area contributed by atoms with Crippen molar-refractivity contribution in [2.75, 3.05) is 5.32 Å². The molecular weight excluding hydrogens is 216 g/mol. The Morgan fingerprint density at radius 1 is 1.41 bits per heavy atom. The first-order chi connectivity index (χ1) is 8.20. The maximum Gasteiger partial charge on any atom is 0.316 e. The predicted molar refractivity (Wildman–Crippen MR) is 68.5 cm³/mol. The molecule has 0 aliphatic heterocycles. The lowest BCUT2D eigenvalue weighted by molar-refractivity contribution is 0.259. The molecule has 1 heterocycles. The third-order valence-electron chi connectivity index (χ3n) is 2.48. The molecule has 2 rings (SSSR count). The normalized spacial score (nSPS) is 11.1. The van der Waals surface area contributed by atoms with Crippen molar-refractivity contribution in [1.29, 1.82) is 0 Å². The highest BCUT2D eigenvalue weighted by atomic mass is 16.2. The highest BCUT2D eigenvalue weighted by Crippen LogP contribution is 2.20. The fourth-order valence-electron chi connectivity index (χ4n) is 1.75. The number of carbonyl (C=O) groups is 1. The van der Waals surface area contributed by atoms with Gasteiger partial charge in [0.05, 0.1) is 0 Å². The summed E-state index contributed by atoms with van der Waals surface area (Å²) in [6.45, 7) is 0.725. The summed E-state index contributed by atoms with van der Waals surface area (Å²) in [7, 11) is 0. The summed E-state index contributed by atoms with van der Waals surface area (Å²) < 4.78 is 2.06. The van der Waals surface area contributed by atoms with E-state index >= 15 is 0 Å². The second-order valence-electron chi connectivity index (χ2n) is 3.66. The molecule has 5 nitrogen and oxygen atoms in total. The smallest absolute Gasteiger partial charge is 0.316 e. The maximum absolute atomic E-state index is 10.7. The lowest BCUT2D eigenvalue weighted by atomic mass is 10.2. The maximum atomic E-state index is 10.7. The molecule has 2 aromatic rings. The Morgan fingerprint density at radius 3 is 2.94 bits per heavy atom. The predicted octanol–water partition coefficient (Wildman–Crippen LogP) is 1.60. The molecule has 88 valence electrons. The zero-order valence-corrected chi connectivity index (χ0v) is 9.26. The Balaban J connectivity index is 2.34. The largest absolute Gasteiger partial charge is 0.405 e. The van der Waals surface area contributed by atoms with Gasteiger partial charge >= 0.3 is 6.03 Å². The number of hydrogen-bond acceptors (Lipinski definition) is 2. The van der Waals surface area contributed by atoms with E-state index in [4.69, 9.17) is 11.5 Å². The second kappa shape index (κ2) is 4.61. The fourth-order valence-corrected chi connectivity index (χ4v) is 1.75. The number of hydrogen-bond donors (Lipinski definition) is 3. The van der Waals surface area contributed by atoms with Gasteiger partial charge in [0, 0.05) is 29.3 Å². The van der Waals surface area contributed by atoms with Crippen molar-refractivity contribution in [2.45, 2.75) is 6.54 Å². The van der Waals surface area contributed by atoms with Crippen molar-refractivity contribution in [3.05, 3.63) is 42.7 Å². The Kier molecular flexibility index (Phi) is 3.00. The highest BCUT2D eigenvalue weighted by molar-refractivity contribution is 5.92. The van der Waals surface area contributed by atoms with Crippen LogP contribution in [0.15, 0.2) is 42.7 Å². The van der Waals surface area contributed by atoms with E-state index in [-0.39, 0.29) is 0 Å². The average molecular weight is 230 g/mol. The Morgan fingerprint density at radius 2 is 2.24 bits per heavy atom. The van der Waals surface area contributed by atoms with Gasteiger partial charge in [-0.2, -0.15) is 0 Å². The molecule has 0 fully saturated rings. The lowest BCUT2D eigenvalue weighted by Gasteiger charge is -2.04. The van der Waals surface area contributed by atoms with Crippen LogP contribution in [0.3, 0.4) is 0 Å². The van der Waals surface area contributed by atoms with Gasteiger partial charge in [-0.05, 0) is 36.5 Å². The molecule has 2 amide bonds. The van der Waals surface area contributed by atoms with Gasteiger partial charge in [0.15, 0.2) is 0 Å². The molecule has 0 aliphatic rings. The molecule has 17 heavy (non-hydrogen) atoms. The topological polar surface area (TPSA) is 86.1 Å². The molecule has 0 saturated heterocycles. The van der Waals surface area contributed by atoms with Gasteiger partial charge in [0.2, 0.25) is 0 Å². The minimum atomic E-state index is -0.560. The van der Waals surface area contributed by atoms with Crippen molar-refractivity contribution in [3.63, 3.8) is 0 Å². The second-order valence-corrected chi connectivity index (χ2v) is 3.66. The standard InChI is InChI=1S/C12H14N4O/c13-5-1-6-16-7-4-9-8-10(15-12(14)17)2-3-11(9)16/h1-5,7-8H,6,13H2,(H3,14,15,17). The first-order valence-electron chi connectivity index (χ1n) is 5.23. The summed E-state index contributed by atoms with van der Waals surface area (Å²) in [4.78, 5) is 10.7. The monoisotopic (exact) mass is 230 g/mol. The van der Waals surface area contributed by atoms with Crippen LogP contribution in [0, 0.1) is 0 Å². The van der Waals surface area contributed by atoms with Gasteiger partial charge in [0.1, 0.15) is 0 Å². The molecule has 1 aromatic heterocycles. The molecule has 5 N–H and O–H groups in total. The number of benzene rings is 1. The van der Waals surface area contributed by atoms with Gasteiger partial charge < -0.3 is 21.4 Å².